The predicted octanol–water partition coefficient (Wildman–Crippen LogP) is 2.98. The van der Waals surface area contributed by atoms with E-state index in [9.17, 15) is 19.8 Å². The first-order valence-corrected chi connectivity index (χ1v) is 12.7. The summed E-state index contributed by atoms with van der Waals surface area (Å²) in [5, 5.41) is 25.7. The quantitative estimate of drug-likeness (QED) is 0.277. The van der Waals surface area contributed by atoms with Crippen molar-refractivity contribution in [2.45, 2.75) is 58.1 Å². The Kier molecular flexibility index (Phi) is 12.9. The molecule has 198 valence electrons. The number of carbonyl (C=O) groups excluding carboxylic acids is 1. The minimum Gasteiger partial charge on any atom is -0.493 e. The number of aliphatic hydroxyl groups is 1. The molecule has 0 aromatic heterocycles. The van der Waals surface area contributed by atoms with Gasteiger partial charge in [0.2, 0.25) is 0 Å². The van der Waals surface area contributed by atoms with Crippen molar-refractivity contribution in [3.05, 3.63) is 29.8 Å². The van der Waals surface area contributed by atoms with Gasteiger partial charge in [-0.25, -0.2) is 4.79 Å². The Morgan fingerprint density at radius 1 is 1.11 bits per heavy atom. The fourth-order valence-corrected chi connectivity index (χ4v) is 4.41. The molecule has 1 aliphatic rings. The van der Waals surface area contributed by atoms with Gasteiger partial charge in [0.15, 0.2) is 0 Å². The fraction of sp³-hybridized carbons (Fsp3) is 0.692. The van der Waals surface area contributed by atoms with E-state index < -0.39 is 18.2 Å². The summed E-state index contributed by atoms with van der Waals surface area (Å²) < 4.78 is 10.8. The molecule has 1 heterocycles. The van der Waals surface area contributed by atoms with E-state index in [1.54, 1.807) is 25.3 Å². The standard InChI is InChI=1S/C26H43N3O6/c1-19(2)20(16-22(28-26(32)33)23(30)18-29-12-7-4-8-13-29)17-27-25(31)21-10-5-6-11-24(21)35-15-9-14-34-3/h5-6,10-11,19-20,22-23,28,30H,4,7-9,12-18H2,1-3H3,(H,27,31)(H,32,33)/t20-,22+,23+/m1/s1. The van der Waals surface area contributed by atoms with Gasteiger partial charge in [-0.1, -0.05) is 32.4 Å². The van der Waals surface area contributed by atoms with Gasteiger partial charge in [-0.2, -0.15) is 0 Å². The largest absolute Gasteiger partial charge is 0.493 e. The molecule has 2 rings (SSSR count). The van der Waals surface area contributed by atoms with E-state index in [0.717, 1.165) is 32.4 Å². The van der Waals surface area contributed by atoms with Crippen LogP contribution in [0.1, 0.15) is 56.3 Å². The monoisotopic (exact) mass is 493 g/mol. The number of methoxy groups -OCH3 is 1. The van der Waals surface area contributed by atoms with Crippen LogP contribution in [-0.4, -0.2) is 85.8 Å². The van der Waals surface area contributed by atoms with E-state index in [1.165, 1.54) is 6.42 Å². The third-order valence-corrected chi connectivity index (χ3v) is 6.57. The molecule has 0 spiro atoms. The summed E-state index contributed by atoms with van der Waals surface area (Å²) >= 11 is 0. The maximum absolute atomic E-state index is 13.0. The molecule has 1 fully saturated rings. The first-order chi connectivity index (χ1) is 16.8. The van der Waals surface area contributed by atoms with Crippen LogP contribution in [0.15, 0.2) is 24.3 Å². The molecule has 9 nitrogen and oxygen atoms in total. The number of nitrogens with one attached hydrogen (secondary N) is 2. The number of nitrogens with zero attached hydrogens (tertiary/aromatic N) is 1. The average molecular weight is 494 g/mol. The van der Waals surface area contributed by atoms with Crippen molar-refractivity contribution in [2.75, 3.05) is 46.5 Å². The zero-order valence-electron chi connectivity index (χ0n) is 21.4. The number of carbonyl (C=O) groups is 2. The number of β-amino-alcohol motifs (C(OH)–C–C–N with tert-alkyl or cyclic N) is 1. The number of carboxylic acid groups (broad SMARTS) is 1. The SMILES string of the molecule is COCCCOc1ccccc1C(=O)NC[C@@H](C[C@H](NC(=O)O)[C@@H](O)CN1CCCCC1)C(C)C. The van der Waals surface area contributed by atoms with Crippen molar-refractivity contribution >= 4 is 12.0 Å². The molecule has 0 bridgehead atoms. The van der Waals surface area contributed by atoms with Crippen LogP contribution in [0.2, 0.25) is 0 Å². The number of ether oxygens (including phenoxy) is 2. The van der Waals surface area contributed by atoms with Crippen molar-refractivity contribution in [1.29, 1.82) is 0 Å². The molecule has 1 aliphatic heterocycles. The molecule has 3 atom stereocenters. The Morgan fingerprint density at radius 3 is 2.49 bits per heavy atom. The van der Waals surface area contributed by atoms with Gasteiger partial charge in [0.25, 0.3) is 5.91 Å². The Balaban J connectivity index is 1.99. The van der Waals surface area contributed by atoms with Crippen LogP contribution >= 0.6 is 0 Å². The van der Waals surface area contributed by atoms with E-state index in [0.29, 0.717) is 44.0 Å². The number of rotatable bonds is 15. The van der Waals surface area contributed by atoms with Gasteiger partial charge in [-0.05, 0) is 56.3 Å². The number of aliphatic hydroxyl groups excluding tert-OH is 1. The van der Waals surface area contributed by atoms with Gasteiger partial charge in [0.05, 0.1) is 24.3 Å². The summed E-state index contributed by atoms with van der Waals surface area (Å²) in [6.45, 7) is 7.76. The van der Waals surface area contributed by atoms with Gasteiger partial charge in [-0.3, -0.25) is 4.79 Å². The number of likely N-dealkylation sites (tertiary alicyclic amines) is 1. The number of hydrogen-bond donors (Lipinski definition) is 4. The van der Waals surface area contributed by atoms with Crippen LogP contribution in [0.3, 0.4) is 0 Å². The lowest BCUT2D eigenvalue weighted by molar-refractivity contribution is 0.0592. The van der Waals surface area contributed by atoms with Crippen LogP contribution in [0.5, 0.6) is 5.75 Å². The van der Waals surface area contributed by atoms with Gasteiger partial charge in [0.1, 0.15) is 5.75 Å². The average Bonchev–Trinajstić information content (AvgIpc) is 2.84. The van der Waals surface area contributed by atoms with Crippen molar-refractivity contribution in [3.8, 4) is 5.75 Å². The lowest BCUT2D eigenvalue weighted by Crippen LogP contribution is -2.50. The molecule has 9 heteroatoms. The summed E-state index contributed by atoms with van der Waals surface area (Å²) in [6, 6.07) is 6.50. The number of hydrogen-bond acceptors (Lipinski definition) is 6. The second kappa shape index (κ2) is 15.6. The van der Waals surface area contributed by atoms with Crippen LogP contribution in [0.4, 0.5) is 4.79 Å². The topological polar surface area (TPSA) is 120 Å². The second-order valence-corrected chi connectivity index (χ2v) is 9.63. The molecule has 2 amide bonds. The number of piperidine rings is 1. The van der Waals surface area contributed by atoms with Gasteiger partial charge in [0, 0.05) is 33.2 Å². The maximum atomic E-state index is 13.0. The minimum atomic E-state index is -1.15. The molecule has 0 aliphatic carbocycles. The lowest BCUT2D eigenvalue weighted by Gasteiger charge is -2.34. The zero-order chi connectivity index (χ0) is 25.6. The van der Waals surface area contributed by atoms with Crippen molar-refractivity contribution in [1.82, 2.24) is 15.5 Å². The molecule has 0 unspecified atom stereocenters. The molecule has 4 N–H and O–H groups in total. The molecule has 0 radical (unpaired) electrons. The van der Waals surface area contributed by atoms with Gasteiger partial charge >= 0.3 is 6.09 Å². The molecule has 1 aromatic carbocycles. The Labute approximate surface area is 209 Å². The molecular formula is C26H43N3O6. The van der Waals surface area contributed by atoms with Crippen LogP contribution in [-0.2, 0) is 4.74 Å². The molecule has 1 saturated heterocycles. The number of benzene rings is 1. The lowest BCUT2D eigenvalue weighted by atomic mass is 9.87. The molecule has 35 heavy (non-hydrogen) atoms. The highest BCUT2D eigenvalue weighted by Gasteiger charge is 2.29. The summed E-state index contributed by atoms with van der Waals surface area (Å²) in [7, 11) is 1.63. The molecular weight excluding hydrogens is 450 g/mol. The van der Waals surface area contributed by atoms with E-state index in [2.05, 4.69) is 15.5 Å². The Hall–Kier alpha value is -2.36. The highest BCUT2D eigenvalue weighted by molar-refractivity contribution is 5.96. The Bertz CT molecular complexity index is 769. The van der Waals surface area contributed by atoms with E-state index in [1.807, 2.05) is 19.9 Å². The van der Waals surface area contributed by atoms with E-state index in [4.69, 9.17) is 9.47 Å². The summed E-state index contributed by atoms with van der Waals surface area (Å²) in [6.07, 6.45) is 2.57. The smallest absolute Gasteiger partial charge is 0.404 e. The number of amides is 2. The maximum Gasteiger partial charge on any atom is 0.404 e. The first kappa shape index (κ1) is 28.9. The van der Waals surface area contributed by atoms with Crippen molar-refractivity contribution in [2.24, 2.45) is 11.8 Å². The summed E-state index contributed by atoms with van der Waals surface area (Å²) in [5.74, 6) is 0.428. The van der Waals surface area contributed by atoms with Gasteiger partial charge in [-0.15, -0.1) is 0 Å². The fourth-order valence-electron chi connectivity index (χ4n) is 4.41. The van der Waals surface area contributed by atoms with Gasteiger partial charge < -0.3 is 35.2 Å². The second-order valence-electron chi connectivity index (χ2n) is 9.63. The van der Waals surface area contributed by atoms with Crippen LogP contribution in [0, 0.1) is 11.8 Å². The minimum absolute atomic E-state index is 0.0263. The highest BCUT2D eigenvalue weighted by Crippen LogP contribution is 2.22. The van der Waals surface area contributed by atoms with Crippen LogP contribution in [0.25, 0.3) is 0 Å². The summed E-state index contributed by atoms with van der Waals surface area (Å²) in [5.41, 5.74) is 0.456. The van der Waals surface area contributed by atoms with Crippen molar-refractivity contribution < 1.29 is 29.3 Å². The normalized spacial score (nSPS) is 16.9. The number of para-hydroxylation sites is 1. The Morgan fingerprint density at radius 2 is 1.83 bits per heavy atom. The highest BCUT2D eigenvalue weighted by atomic mass is 16.5. The zero-order valence-corrected chi connectivity index (χ0v) is 21.4. The van der Waals surface area contributed by atoms with Crippen LogP contribution < -0.4 is 15.4 Å². The molecule has 0 saturated carbocycles. The first-order valence-electron chi connectivity index (χ1n) is 12.7. The summed E-state index contributed by atoms with van der Waals surface area (Å²) in [4.78, 5) is 26.6. The van der Waals surface area contributed by atoms with E-state index in [-0.39, 0.29) is 17.7 Å². The third-order valence-electron chi connectivity index (χ3n) is 6.57. The van der Waals surface area contributed by atoms with E-state index >= 15 is 0 Å². The van der Waals surface area contributed by atoms with Crippen molar-refractivity contribution in [3.63, 3.8) is 0 Å². The third kappa shape index (κ3) is 10.4. The molecule has 1 aromatic rings. The predicted molar refractivity (Wildman–Crippen MR) is 135 cm³/mol.